The van der Waals surface area contributed by atoms with Crippen molar-refractivity contribution in [2.45, 2.75) is 0 Å². The largest absolute Gasteiger partial charge is 0.753 e. The van der Waals surface area contributed by atoms with Gasteiger partial charge in [0.2, 0.25) is 0 Å². The fourth-order valence-electron chi connectivity index (χ4n) is 0.117. The predicted molar refractivity (Wildman–Crippen MR) is 27.3 cm³/mol. The topological polar surface area (TPSA) is 44.8 Å². The Kier molecular flexibility index (Phi) is 4.81. The molecule has 0 aliphatic carbocycles. The molecule has 0 saturated heterocycles. The molecule has 0 bridgehead atoms. The molecule has 0 spiro atoms. The summed E-state index contributed by atoms with van der Waals surface area (Å²) < 4.78 is 23.5. The minimum Gasteiger partial charge on any atom is -0.527 e. The van der Waals surface area contributed by atoms with Crippen molar-refractivity contribution in [2.24, 2.45) is 0 Å². The zero-order chi connectivity index (χ0) is 6.41. The van der Waals surface area contributed by atoms with E-state index in [4.69, 9.17) is 0 Å². The maximum absolute atomic E-state index is 10.2. The van der Waals surface area contributed by atoms with E-state index in [0.717, 1.165) is 0 Å². The number of hydrogen-bond donors (Lipinski definition) is 0. The first-order valence-corrected chi connectivity index (χ1v) is 3.88. The van der Waals surface area contributed by atoms with E-state index in [1.807, 2.05) is 0 Å². The van der Waals surface area contributed by atoms with Gasteiger partial charge in [-0.1, -0.05) is 0 Å². The van der Waals surface area contributed by atoms with E-state index >= 15 is 0 Å². The summed E-state index contributed by atoms with van der Waals surface area (Å²) in [7, 11) is 0.338. The second-order valence-corrected chi connectivity index (χ2v) is 3.14. The average Bonchev–Trinajstić information content (AvgIpc) is 1.83. The fraction of sp³-hybridized carbons (Fsp3) is 1.00. The van der Waals surface area contributed by atoms with Gasteiger partial charge in [-0.15, -0.1) is 0 Å². The Hall–Kier alpha value is -0.206. The van der Waals surface area contributed by atoms with Gasteiger partial charge in [-0.05, 0) is 0 Å². The summed E-state index contributed by atoms with van der Waals surface area (Å²) in [6.07, 6.45) is 0. The highest BCUT2D eigenvalue weighted by molar-refractivity contribution is 6.38. The Labute approximate surface area is 51.7 Å². The molecule has 0 heterocycles. The third-order valence-corrected chi connectivity index (χ3v) is 1.88. The van der Waals surface area contributed by atoms with Gasteiger partial charge in [0.15, 0.2) is 0 Å². The van der Waals surface area contributed by atoms with Crippen LogP contribution in [0, 0.1) is 0 Å². The van der Waals surface area contributed by atoms with E-state index in [-0.39, 0.29) is 10.0 Å². The molecule has 0 unspecified atom stereocenters. The molecule has 0 amide bonds. The SMILES string of the molecule is CO[Si]O[Si](=O)OC. The predicted octanol–water partition coefficient (Wildman–Crippen LogP) is -0.755. The molecule has 0 aliphatic heterocycles. The van der Waals surface area contributed by atoms with Crippen molar-refractivity contribution >= 4 is 19.2 Å². The van der Waals surface area contributed by atoms with E-state index in [1.54, 1.807) is 0 Å². The van der Waals surface area contributed by atoms with E-state index in [0.29, 0.717) is 0 Å². The van der Waals surface area contributed by atoms with Gasteiger partial charge in [0.05, 0.1) is 7.11 Å². The van der Waals surface area contributed by atoms with Gasteiger partial charge >= 0.3 is 19.2 Å². The normalized spacial score (nSPS) is 8.25. The Morgan fingerprint density at radius 2 is 2.12 bits per heavy atom. The summed E-state index contributed by atoms with van der Waals surface area (Å²) in [5, 5.41) is 0. The van der Waals surface area contributed by atoms with E-state index in [9.17, 15) is 4.46 Å². The van der Waals surface area contributed by atoms with Gasteiger partial charge in [-0.2, -0.15) is 0 Å². The molecule has 0 aliphatic rings. The summed E-state index contributed by atoms with van der Waals surface area (Å²) in [4.78, 5) is 0. The molecular formula is C2H6O4Si2. The van der Waals surface area contributed by atoms with Crippen LogP contribution in [0.5, 0.6) is 0 Å². The third-order valence-electron chi connectivity index (χ3n) is 0.375. The first-order valence-electron chi connectivity index (χ1n) is 1.84. The van der Waals surface area contributed by atoms with E-state index < -0.39 is 9.17 Å². The van der Waals surface area contributed by atoms with Crippen LogP contribution in [0.1, 0.15) is 0 Å². The third kappa shape index (κ3) is 3.97. The van der Waals surface area contributed by atoms with Crippen molar-refractivity contribution in [1.29, 1.82) is 0 Å². The maximum Gasteiger partial charge on any atom is 0.753 e. The van der Waals surface area contributed by atoms with Crippen LogP contribution in [0.3, 0.4) is 0 Å². The van der Waals surface area contributed by atoms with Crippen molar-refractivity contribution in [3.63, 3.8) is 0 Å². The second kappa shape index (κ2) is 4.94. The lowest BCUT2D eigenvalue weighted by Gasteiger charge is -1.94. The highest BCUT2D eigenvalue weighted by atomic mass is 28.4. The molecule has 46 valence electrons. The van der Waals surface area contributed by atoms with E-state index in [1.165, 1.54) is 14.2 Å². The highest BCUT2D eigenvalue weighted by Gasteiger charge is 2.07. The first kappa shape index (κ1) is 7.79. The lowest BCUT2D eigenvalue weighted by molar-refractivity contribution is 0.261. The molecule has 0 atom stereocenters. The van der Waals surface area contributed by atoms with Gasteiger partial charge in [0.25, 0.3) is 0 Å². The molecule has 0 aromatic heterocycles. The van der Waals surface area contributed by atoms with Crippen molar-refractivity contribution in [2.75, 3.05) is 14.2 Å². The molecule has 0 aromatic carbocycles. The molecule has 4 nitrogen and oxygen atoms in total. The summed E-state index contributed by atoms with van der Waals surface area (Å²) in [6, 6.07) is 0. The van der Waals surface area contributed by atoms with Crippen LogP contribution in [0.15, 0.2) is 0 Å². The van der Waals surface area contributed by atoms with Crippen LogP contribution in [0.4, 0.5) is 0 Å². The Bertz CT molecular complexity index is 74.4. The van der Waals surface area contributed by atoms with Crippen LogP contribution in [-0.4, -0.2) is 33.4 Å². The van der Waals surface area contributed by atoms with Crippen LogP contribution >= 0.6 is 0 Å². The quantitative estimate of drug-likeness (QED) is 0.494. The van der Waals surface area contributed by atoms with Crippen molar-refractivity contribution in [1.82, 2.24) is 0 Å². The Morgan fingerprint density at radius 3 is 2.50 bits per heavy atom. The molecular weight excluding hydrogens is 144 g/mol. The number of rotatable bonds is 4. The lowest BCUT2D eigenvalue weighted by Crippen LogP contribution is -2.13. The Balaban J connectivity index is 2.99. The van der Waals surface area contributed by atoms with Gasteiger partial charge < -0.3 is 13.0 Å². The summed E-state index contributed by atoms with van der Waals surface area (Å²) in [5.41, 5.74) is 0. The first-order chi connectivity index (χ1) is 3.81. The van der Waals surface area contributed by atoms with Gasteiger partial charge in [0, 0.05) is 7.11 Å². The van der Waals surface area contributed by atoms with Gasteiger partial charge in [-0.25, -0.2) is 0 Å². The summed E-state index contributed by atoms with van der Waals surface area (Å²) >= 11 is 0. The summed E-state index contributed by atoms with van der Waals surface area (Å²) in [6.45, 7) is 0. The monoisotopic (exact) mass is 150 g/mol. The van der Waals surface area contributed by atoms with Crippen molar-refractivity contribution in [3.05, 3.63) is 0 Å². The Morgan fingerprint density at radius 1 is 1.50 bits per heavy atom. The van der Waals surface area contributed by atoms with Crippen LogP contribution in [0.25, 0.3) is 0 Å². The van der Waals surface area contributed by atoms with Crippen LogP contribution < -0.4 is 0 Å². The van der Waals surface area contributed by atoms with Crippen LogP contribution in [-0.2, 0) is 17.4 Å². The highest BCUT2D eigenvalue weighted by Crippen LogP contribution is 1.71. The van der Waals surface area contributed by atoms with Gasteiger partial charge in [-0.3, -0.25) is 4.46 Å². The zero-order valence-electron chi connectivity index (χ0n) is 4.63. The molecule has 0 aromatic rings. The second-order valence-electron chi connectivity index (χ2n) is 0.844. The fourth-order valence-corrected chi connectivity index (χ4v) is 1.06. The molecule has 8 heavy (non-hydrogen) atoms. The minimum absolute atomic E-state index is 0.190. The van der Waals surface area contributed by atoms with Crippen LogP contribution in [0.2, 0.25) is 0 Å². The standard InChI is InChI=1S/C2H6O4Si2/c1-4-7-6-8(3)5-2/h1-2H3. The zero-order valence-corrected chi connectivity index (χ0v) is 6.63. The lowest BCUT2D eigenvalue weighted by atomic mass is 11.8. The van der Waals surface area contributed by atoms with Crippen molar-refractivity contribution < 1.29 is 17.4 Å². The molecule has 2 radical (unpaired) electrons. The van der Waals surface area contributed by atoms with Gasteiger partial charge in [0.1, 0.15) is 0 Å². The molecule has 0 fully saturated rings. The minimum atomic E-state index is -2.25. The number of hydrogen-bond acceptors (Lipinski definition) is 4. The molecule has 0 rings (SSSR count). The van der Waals surface area contributed by atoms with E-state index in [2.05, 4.69) is 13.0 Å². The van der Waals surface area contributed by atoms with Crippen molar-refractivity contribution in [3.8, 4) is 0 Å². The summed E-state index contributed by atoms with van der Waals surface area (Å²) in [5.74, 6) is 0. The molecule has 0 saturated carbocycles. The maximum atomic E-state index is 10.2. The smallest absolute Gasteiger partial charge is 0.527 e. The molecule has 0 N–H and O–H groups in total. The molecule has 6 heteroatoms. The average molecular weight is 150 g/mol.